The average molecular weight is 245 g/mol. The van der Waals surface area contributed by atoms with Crippen LogP contribution in [0.15, 0.2) is 0 Å². The van der Waals surface area contributed by atoms with E-state index in [1.54, 1.807) is 0 Å². The molecule has 0 radical (unpaired) electrons. The van der Waals surface area contributed by atoms with E-state index in [2.05, 4.69) is 10.2 Å². The van der Waals surface area contributed by atoms with Gasteiger partial charge in [-0.25, -0.2) is 0 Å². The van der Waals surface area contributed by atoms with Crippen LogP contribution in [0.25, 0.3) is 0 Å². The molecule has 1 atom stereocenters. The first-order valence-electron chi connectivity index (χ1n) is 6.29. The second-order valence-electron chi connectivity index (χ2n) is 5.55. The highest BCUT2D eigenvalue weighted by molar-refractivity contribution is 5.85. The number of carbonyl (C=O) groups excluding carboxylic acids is 1. The number of hydrogen-bond donors (Lipinski definition) is 1. The first-order valence-corrected chi connectivity index (χ1v) is 6.29. The Morgan fingerprint density at radius 2 is 2.12 bits per heavy atom. The van der Waals surface area contributed by atoms with Crippen LogP contribution in [0.4, 0.5) is 0 Å². The number of nitrogens with one attached hydrogen (secondary N) is 1. The third-order valence-electron chi connectivity index (χ3n) is 4.57. The van der Waals surface area contributed by atoms with Gasteiger partial charge in [0.2, 0.25) is 5.91 Å². The fourth-order valence-corrected chi connectivity index (χ4v) is 3.33. The van der Waals surface area contributed by atoms with Crippen LogP contribution in [0, 0.1) is 11.3 Å². The minimum atomic E-state index is 0. The molecule has 4 heteroatoms. The molecule has 3 fully saturated rings. The summed E-state index contributed by atoms with van der Waals surface area (Å²) in [5.74, 6) is 0.698. The number of hydrogen-bond acceptors (Lipinski definition) is 2. The quantitative estimate of drug-likeness (QED) is 0.757. The molecular weight excluding hydrogens is 224 g/mol. The van der Waals surface area contributed by atoms with Gasteiger partial charge in [0, 0.05) is 19.6 Å². The van der Waals surface area contributed by atoms with Gasteiger partial charge in [0.05, 0.1) is 5.92 Å². The second-order valence-corrected chi connectivity index (χ2v) is 5.55. The van der Waals surface area contributed by atoms with Gasteiger partial charge in [-0.2, -0.15) is 0 Å². The van der Waals surface area contributed by atoms with E-state index in [1.165, 1.54) is 25.7 Å². The molecule has 1 amide bonds. The van der Waals surface area contributed by atoms with Crippen molar-refractivity contribution in [3.63, 3.8) is 0 Å². The lowest BCUT2D eigenvalue weighted by atomic mass is 9.68. The van der Waals surface area contributed by atoms with E-state index in [0.717, 1.165) is 32.6 Å². The van der Waals surface area contributed by atoms with Crippen molar-refractivity contribution in [2.45, 2.75) is 32.1 Å². The molecule has 0 unspecified atom stereocenters. The van der Waals surface area contributed by atoms with E-state index in [0.29, 0.717) is 11.3 Å². The SMILES string of the molecule is Cl.O=C([C@@H]1CCNC1)N1CCC2(CCC2)C1. The van der Waals surface area contributed by atoms with Crippen LogP contribution in [-0.4, -0.2) is 37.0 Å². The van der Waals surface area contributed by atoms with Crippen molar-refractivity contribution in [2.75, 3.05) is 26.2 Å². The highest BCUT2D eigenvalue weighted by Crippen LogP contribution is 2.48. The Kier molecular flexibility index (Phi) is 3.45. The molecule has 1 N–H and O–H groups in total. The number of amides is 1. The smallest absolute Gasteiger partial charge is 0.227 e. The summed E-state index contributed by atoms with van der Waals surface area (Å²) in [5, 5.41) is 3.28. The summed E-state index contributed by atoms with van der Waals surface area (Å²) in [4.78, 5) is 14.3. The van der Waals surface area contributed by atoms with E-state index < -0.39 is 0 Å². The van der Waals surface area contributed by atoms with Crippen molar-refractivity contribution >= 4 is 18.3 Å². The van der Waals surface area contributed by atoms with Gasteiger partial charge in [-0.1, -0.05) is 6.42 Å². The monoisotopic (exact) mass is 244 g/mol. The molecule has 2 heterocycles. The van der Waals surface area contributed by atoms with Crippen LogP contribution < -0.4 is 5.32 Å². The molecule has 0 bridgehead atoms. The summed E-state index contributed by atoms with van der Waals surface area (Å²) in [6.45, 7) is 4.01. The van der Waals surface area contributed by atoms with Crippen LogP contribution in [0.3, 0.4) is 0 Å². The molecule has 1 aliphatic carbocycles. The molecule has 0 aromatic heterocycles. The minimum Gasteiger partial charge on any atom is -0.342 e. The van der Waals surface area contributed by atoms with Gasteiger partial charge in [0.1, 0.15) is 0 Å². The van der Waals surface area contributed by atoms with Gasteiger partial charge in [-0.3, -0.25) is 4.79 Å². The summed E-state index contributed by atoms with van der Waals surface area (Å²) in [7, 11) is 0. The zero-order valence-electron chi connectivity index (χ0n) is 9.71. The molecule has 3 aliphatic rings. The van der Waals surface area contributed by atoms with Crippen molar-refractivity contribution < 1.29 is 4.79 Å². The molecule has 3 rings (SSSR count). The first-order chi connectivity index (χ1) is 7.29. The lowest BCUT2D eigenvalue weighted by molar-refractivity contribution is -0.134. The highest BCUT2D eigenvalue weighted by Gasteiger charge is 2.45. The van der Waals surface area contributed by atoms with Crippen molar-refractivity contribution in [1.29, 1.82) is 0 Å². The lowest BCUT2D eigenvalue weighted by Gasteiger charge is -2.38. The third kappa shape index (κ3) is 1.95. The molecule has 92 valence electrons. The Hall–Kier alpha value is -0.280. The van der Waals surface area contributed by atoms with Crippen LogP contribution >= 0.6 is 12.4 Å². The molecular formula is C12H21ClN2O. The molecule has 0 aromatic carbocycles. The highest BCUT2D eigenvalue weighted by atomic mass is 35.5. The van der Waals surface area contributed by atoms with Crippen LogP contribution in [-0.2, 0) is 4.79 Å². The molecule has 2 saturated heterocycles. The minimum absolute atomic E-state index is 0. The molecule has 0 aromatic rings. The van der Waals surface area contributed by atoms with Gasteiger partial charge in [-0.05, 0) is 37.6 Å². The maximum atomic E-state index is 12.2. The van der Waals surface area contributed by atoms with Gasteiger partial charge >= 0.3 is 0 Å². The van der Waals surface area contributed by atoms with Crippen molar-refractivity contribution in [2.24, 2.45) is 11.3 Å². The van der Waals surface area contributed by atoms with Crippen LogP contribution in [0.5, 0.6) is 0 Å². The molecule has 1 spiro atoms. The predicted molar refractivity (Wildman–Crippen MR) is 65.7 cm³/mol. The fourth-order valence-electron chi connectivity index (χ4n) is 3.33. The number of nitrogens with zero attached hydrogens (tertiary/aromatic N) is 1. The van der Waals surface area contributed by atoms with E-state index >= 15 is 0 Å². The predicted octanol–water partition coefficient (Wildman–Crippen LogP) is 1.42. The normalized spacial score (nSPS) is 31.2. The van der Waals surface area contributed by atoms with E-state index in [-0.39, 0.29) is 18.3 Å². The summed E-state index contributed by atoms with van der Waals surface area (Å²) in [5.41, 5.74) is 0.557. The molecule has 2 aliphatic heterocycles. The first kappa shape index (κ1) is 12.2. The summed E-state index contributed by atoms with van der Waals surface area (Å²) in [6, 6.07) is 0. The number of likely N-dealkylation sites (tertiary alicyclic amines) is 1. The lowest BCUT2D eigenvalue weighted by Crippen LogP contribution is -2.39. The average Bonchev–Trinajstić information content (AvgIpc) is 2.85. The van der Waals surface area contributed by atoms with Gasteiger partial charge < -0.3 is 10.2 Å². The van der Waals surface area contributed by atoms with Gasteiger partial charge in [0.25, 0.3) is 0 Å². The number of rotatable bonds is 1. The van der Waals surface area contributed by atoms with Crippen molar-refractivity contribution in [3.05, 3.63) is 0 Å². The van der Waals surface area contributed by atoms with Gasteiger partial charge in [0.15, 0.2) is 0 Å². The topological polar surface area (TPSA) is 32.3 Å². The van der Waals surface area contributed by atoms with E-state index in [9.17, 15) is 4.79 Å². The fraction of sp³-hybridized carbons (Fsp3) is 0.917. The van der Waals surface area contributed by atoms with Crippen molar-refractivity contribution in [3.8, 4) is 0 Å². The zero-order valence-corrected chi connectivity index (χ0v) is 10.5. The Balaban J connectivity index is 0.000000963. The third-order valence-corrected chi connectivity index (χ3v) is 4.57. The van der Waals surface area contributed by atoms with Crippen LogP contribution in [0.1, 0.15) is 32.1 Å². The zero-order chi connectivity index (χ0) is 10.3. The Morgan fingerprint density at radius 1 is 1.31 bits per heavy atom. The van der Waals surface area contributed by atoms with E-state index in [1.807, 2.05) is 0 Å². The maximum absolute atomic E-state index is 12.2. The Morgan fingerprint density at radius 3 is 2.62 bits per heavy atom. The number of carbonyl (C=O) groups is 1. The van der Waals surface area contributed by atoms with Crippen LogP contribution in [0.2, 0.25) is 0 Å². The Bertz CT molecular complexity index is 272. The van der Waals surface area contributed by atoms with Crippen molar-refractivity contribution in [1.82, 2.24) is 10.2 Å². The standard InChI is InChI=1S/C12H20N2O.ClH/c15-11(10-2-6-13-8-10)14-7-5-12(9-14)3-1-4-12;/h10,13H,1-9H2;1H/t10-;/m1./s1. The summed E-state index contributed by atoms with van der Waals surface area (Å²) < 4.78 is 0. The number of halogens is 1. The summed E-state index contributed by atoms with van der Waals surface area (Å²) >= 11 is 0. The summed E-state index contributed by atoms with van der Waals surface area (Å²) in [6.07, 6.45) is 6.41. The molecule has 3 nitrogen and oxygen atoms in total. The van der Waals surface area contributed by atoms with E-state index in [4.69, 9.17) is 0 Å². The van der Waals surface area contributed by atoms with Gasteiger partial charge in [-0.15, -0.1) is 12.4 Å². The molecule has 16 heavy (non-hydrogen) atoms. The second kappa shape index (κ2) is 4.53. The Labute approximate surface area is 103 Å². The largest absolute Gasteiger partial charge is 0.342 e. The molecule has 1 saturated carbocycles. The maximum Gasteiger partial charge on any atom is 0.227 e.